The zero-order chi connectivity index (χ0) is 23.9. The molecular weight excluding hydrogens is 416 g/mol. The van der Waals surface area contributed by atoms with E-state index in [1.165, 1.54) is 11.4 Å². The van der Waals surface area contributed by atoms with Crippen LogP contribution < -0.4 is 25.2 Å². The average molecular weight is 449 g/mol. The highest BCUT2D eigenvalue weighted by Gasteiger charge is 2.28. The van der Waals surface area contributed by atoms with Gasteiger partial charge in [0.25, 0.3) is 5.91 Å². The Morgan fingerprint density at radius 1 is 0.909 bits per heavy atom. The van der Waals surface area contributed by atoms with Crippen molar-refractivity contribution in [3.63, 3.8) is 0 Å². The topological polar surface area (TPSA) is 73.9 Å². The molecule has 0 unspecified atom stereocenters. The van der Waals surface area contributed by atoms with Crippen molar-refractivity contribution >= 4 is 29.4 Å². The lowest BCUT2D eigenvalue weighted by Crippen LogP contribution is -2.46. The van der Waals surface area contributed by atoms with E-state index in [9.17, 15) is 9.59 Å². The van der Waals surface area contributed by atoms with Crippen molar-refractivity contribution in [3.05, 3.63) is 47.2 Å². The fourth-order valence-electron chi connectivity index (χ4n) is 4.64. The van der Waals surface area contributed by atoms with Crippen LogP contribution >= 0.6 is 0 Å². The number of fused-ring (bicyclic) bond motifs is 1. The number of carbonyl (C=O) groups excluding carboxylic acids is 2. The number of aryl methyl sites for hydroxylation is 1. The van der Waals surface area contributed by atoms with Crippen LogP contribution in [-0.4, -0.2) is 44.2 Å². The number of nitrogens with zero attached hydrogens (tertiary/aromatic N) is 2. The van der Waals surface area contributed by atoms with Crippen LogP contribution in [0.25, 0.3) is 17.2 Å². The van der Waals surface area contributed by atoms with E-state index in [0.717, 1.165) is 41.1 Å². The summed E-state index contributed by atoms with van der Waals surface area (Å²) in [6.07, 6.45) is 1.68. The van der Waals surface area contributed by atoms with Crippen molar-refractivity contribution in [2.45, 2.75) is 46.7 Å². The van der Waals surface area contributed by atoms with E-state index in [4.69, 9.17) is 4.74 Å². The normalized spacial score (nSPS) is 17.0. The summed E-state index contributed by atoms with van der Waals surface area (Å²) < 4.78 is 5.70. The molecule has 0 aromatic heterocycles. The molecule has 2 aliphatic heterocycles. The van der Waals surface area contributed by atoms with Gasteiger partial charge in [0.2, 0.25) is 0 Å². The number of hydrogen-bond acceptors (Lipinski definition) is 5. The maximum Gasteiger partial charge on any atom is 0.326 e. The number of benzene rings is 2. The van der Waals surface area contributed by atoms with Gasteiger partial charge in [-0.15, -0.1) is 0 Å². The van der Waals surface area contributed by atoms with Gasteiger partial charge >= 0.3 is 6.03 Å². The molecule has 0 aliphatic carbocycles. The summed E-state index contributed by atoms with van der Waals surface area (Å²) in [5.41, 5.74) is 6.70. The molecule has 1 saturated heterocycles. The molecule has 174 valence electrons. The first kappa shape index (κ1) is 22.7. The maximum absolute atomic E-state index is 12.0. The van der Waals surface area contributed by atoms with Crippen LogP contribution in [0, 0.1) is 6.92 Å². The van der Waals surface area contributed by atoms with Crippen molar-refractivity contribution in [1.82, 2.24) is 10.6 Å². The predicted octanol–water partition coefficient (Wildman–Crippen LogP) is 4.29. The van der Waals surface area contributed by atoms with Gasteiger partial charge in [-0.05, 0) is 81.7 Å². The summed E-state index contributed by atoms with van der Waals surface area (Å²) in [4.78, 5) is 28.4. The highest BCUT2D eigenvalue weighted by Crippen LogP contribution is 2.43. The Balaban J connectivity index is 1.85. The molecule has 2 N–H and O–H groups in total. The molecule has 0 radical (unpaired) electrons. The molecule has 2 aromatic rings. The van der Waals surface area contributed by atoms with Crippen LogP contribution in [0.4, 0.5) is 16.2 Å². The first-order valence-corrected chi connectivity index (χ1v) is 11.4. The Morgan fingerprint density at radius 2 is 1.55 bits per heavy atom. The molecule has 0 saturated carbocycles. The lowest BCUT2D eigenvalue weighted by molar-refractivity contribution is -0.115. The summed E-state index contributed by atoms with van der Waals surface area (Å²) >= 11 is 0. The molecule has 1 fully saturated rings. The van der Waals surface area contributed by atoms with Crippen LogP contribution in [0.2, 0.25) is 0 Å². The molecule has 3 amide bonds. The molecule has 0 atom stereocenters. The highest BCUT2D eigenvalue weighted by atomic mass is 16.5. The van der Waals surface area contributed by atoms with Gasteiger partial charge in [0, 0.05) is 30.7 Å². The molecule has 2 aromatic carbocycles. The van der Waals surface area contributed by atoms with Gasteiger partial charge in [-0.25, -0.2) is 4.79 Å². The van der Waals surface area contributed by atoms with E-state index in [0.29, 0.717) is 12.1 Å². The third-order valence-corrected chi connectivity index (χ3v) is 6.31. The predicted molar refractivity (Wildman–Crippen MR) is 133 cm³/mol. The van der Waals surface area contributed by atoms with Gasteiger partial charge in [-0.3, -0.25) is 10.1 Å². The number of amides is 3. The number of hydrogen-bond donors (Lipinski definition) is 2. The summed E-state index contributed by atoms with van der Waals surface area (Å²) in [6.45, 7) is 13.0. The zero-order valence-electron chi connectivity index (χ0n) is 20.2. The minimum atomic E-state index is -0.506. The molecule has 4 rings (SSSR count). The number of carbonyl (C=O) groups is 2. The largest absolute Gasteiger partial charge is 0.496 e. The molecule has 2 aliphatic rings. The van der Waals surface area contributed by atoms with Crippen LogP contribution in [0.5, 0.6) is 5.75 Å². The third kappa shape index (κ3) is 4.27. The number of urea groups is 1. The molecule has 0 bridgehead atoms. The number of ether oxygens (including phenoxy) is 1. The maximum atomic E-state index is 12.0. The van der Waals surface area contributed by atoms with Gasteiger partial charge in [0.05, 0.1) is 18.5 Å². The first-order valence-electron chi connectivity index (χ1n) is 11.4. The molecule has 0 spiro atoms. The van der Waals surface area contributed by atoms with Crippen LogP contribution in [-0.2, 0) is 4.79 Å². The fraction of sp³-hybridized carbons (Fsp3) is 0.385. The Hall–Kier alpha value is -3.48. The zero-order valence-corrected chi connectivity index (χ0v) is 20.2. The highest BCUT2D eigenvalue weighted by molar-refractivity contribution is 6.14. The second kappa shape index (κ2) is 8.81. The number of imide groups is 1. The lowest BCUT2D eigenvalue weighted by Gasteiger charge is -2.43. The monoisotopic (exact) mass is 448 g/mol. The number of rotatable bonds is 5. The minimum absolute atomic E-state index is 0.233. The second-order valence-electron chi connectivity index (χ2n) is 9.16. The van der Waals surface area contributed by atoms with E-state index in [-0.39, 0.29) is 5.70 Å². The Kier molecular flexibility index (Phi) is 6.06. The first-order chi connectivity index (χ1) is 15.7. The summed E-state index contributed by atoms with van der Waals surface area (Å²) in [6, 6.07) is 10.6. The average Bonchev–Trinajstić information content (AvgIpc) is 3.08. The number of anilines is 2. The van der Waals surface area contributed by atoms with E-state index >= 15 is 0 Å². The van der Waals surface area contributed by atoms with E-state index < -0.39 is 11.9 Å². The smallest absolute Gasteiger partial charge is 0.326 e. The molecular formula is C26H32N4O3. The number of methoxy groups -OCH3 is 1. The summed E-state index contributed by atoms with van der Waals surface area (Å²) in [5, 5.41) is 4.78. The molecule has 7 heteroatoms. The van der Waals surface area contributed by atoms with E-state index in [1.54, 1.807) is 13.2 Å². The van der Waals surface area contributed by atoms with Gasteiger partial charge in [0.1, 0.15) is 11.4 Å². The van der Waals surface area contributed by atoms with Gasteiger partial charge < -0.3 is 19.9 Å². The summed E-state index contributed by atoms with van der Waals surface area (Å²) in [7, 11) is 1.66. The van der Waals surface area contributed by atoms with Crippen molar-refractivity contribution in [2.24, 2.45) is 0 Å². The quantitative estimate of drug-likeness (QED) is 0.527. The van der Waals surface area contributed by atoms with Crippen molar-refractivity contribution in [2.75, 3.05) is 30.0 Å². The van der Waals surface area contributed by atoms with E-state index in [2.05, 4.69) is 67.2 Å². The van der Waals surface area contributed by atoms with Crippen molar-refractivity contribution in [3.8, 4) is 16.9 Å². The number of nitrogens with one attached hydrogen (secondary N) is 2. The second-order valence-corrected chi connectivity index (χ2v) is 9.16. The van der Waals surface area contributed by atoms with Crippen LogP contribution in [0.1, 0.15) is 38.8 Å². The van der Waals surface area contributed by atoms with Gasteiger partial charge in [-0.2, -0.15) is 0 Å². The standard InChI is InChI=1S/C26H32N4O3/c1-15(2)29-9-10-30(16(3)4)23-14-19(17(5)11-22(23)29)20-12-18(7-8-24(20)33-6)13-21-25(31)28-26(32)27-21/h7-8,11-16H,9-10H2,1-6H3,(H2,27,28,31,32)/b21-13-. The van der Waals surface area contributed by atoms with Crippen LogP contribution in [0.3, 0.4) is 0 Å². The summed E-state index contributed by atoms with van der Waals surface area (Å²) in [5.74, 6) is 0.330. The van der Waals surface area contributed by atoms with Gasteiger partial charge in [-0.1, -0.05) is 6.07 Å². The minimum Gasteiger partial charge on any atom is -0.496 e. The molecule has 2 heterocycles. The van der Waals surface area contributed by atoms with Crippen molar-refractivity contribution < 1.29 is 14.3 Å². The van der Waals surface area contributed by atoms with Gasteiger partial charge in [0.15, 0.2) is 0 Å². The third-order valence-electron chi connectivity index (χ3n) is 6.31. The fourth-order valence-corrected chi connectivity index (χ4v) is 4.64. The molecule has 7 nitrogen and oxygen atoms in total. The van der Waals surface area contributed by atoms with Crippen molar-refractivity contribution in [1.29, 1.82) is 0 Å². The SMILES string of the molecule is COc1ccc(/C=C2\NC(=O)NC2=O)cc1-c1cc2c(cc1C)N(C(C)C)CCN2C(C)C. The lowest BCUT2D eigenvalue weighted by atomic mass is 9.94. The van der Waals surface area contributed by atoms with E-state index in [1.807, 2.05) is 18.2 Å². The Bertz CT molecular complexity index is 1140. The molecule has 33 heavy (non-hydrogen) atoms. The Labute approximate surface area is 195 Å². The van der Waals surface area contributed by atoms with Crippen LogP contribution in [0.15, 0.2) is 36.0 Å². The Morgan fingerprint density at radius 3 is 2.09 bits per heavy atom.